The zero-order valence-corrected chi connectivity index (χ0v) is 8.58. The molecule has 2 nitrogen and oxygen atoms in total. The molecule has 14 heavy (non-hydrogen) atoms. The van der Waals surface area contributed by atoms with Gasteiger partial charge in [-0.05, 0) is 56.8 Å². The molecule has 0 amide bonds. The smallest absolute Gasteiger partial charge is 0.0403 e. The fourth-order valence-electron chi connectivity index (χ4n) is 2.07. The summed E-state index contributed by atoms with van der Waals surface area (Å²) in [6, 6.07) is 6.18. The minimum absolute atomic E-state index is 0.915. The Hall–Kier alpha value is -0.890. The molecular weight excluding hydrogens is 172 g/mol. The number of pyridine rings is 1. The van der Waals surface area contributed by atoms with Gasteiger partial charge in [0.2, 0.25) is 0 Å². The molecule has 1 aromatic rings. The van der Waals surface area contributed by atoms with Gasteiger partial charge in [-0.15, -0.1) is 0 Å². The average molecular weight is 190 g/mol. The number of rotatable bonds is 3. The molecule has 76 valence electrons. The third-order valence-corrected chi connectivity index (χ3v) is 2.99. The van der Waals surface area contributed by atoms with Gasteiger partial charge in [-0.2, -0.15) is 0 Å². The summed E-state index contributed by atoms with van der Waals surface area (Å²) >= 11 is 0. The van der Waals surface area contributed by atoms with Crippen molar-refractivity contribution in [3.63, 3.8) is 0 Å². The van der Waals surface area contributed by atoms with Crippen LogP contribution in [0, 0.1) is 5.92 Å². The molecule has 0 unspecified atom stereocenters. The molecule has 0 saturated carbocycles. The van der Waals surface area contributed by atoms with Crippen molar-refractivity contribution in [2.75, 3.05) is 13.1 Å². The summed E-state index contributed by atoms with van der Waals surface area (Å²) in [6.07, 6.45) is 7.02. The van der Waals surface area contributed by atoms with E-state index < -0.39 is 0 Å². The third-order valence-electron chi connectivity index (χ3n) is 2.99. The first-order valence-electron chi connectivity index (χ1n) is 5.56. The van der Waals surface area contributed by atoms with Crippen LogP contribution in [0.2, 0.25) is 0 Å². The summed E-state index contributed by atoms with van der Waals surface area (Å²) in [7, 11) is 0. The molecule has 0 bridgehead atoms. The summed E-state index contributed by atoms with van der Waals surface area (Å²) < 4.78 is 0. The van der Waals surface area contributed by atoms with Crippen molar-refractivity contribution in [2.24, 2.45) is 5.92 Å². The van der Waals surface area contributed by atoms with Crippen LogP contribution < -0.4 is 5.32 Å². The molecule has 0 atom stereocenters. The number of hydrogen-bond donors (Lipinski definition) is 1. The van der Waals surface area contributed by atoms with E-state index in [0.29, 0.717) is 0 Å². The highest BCUT2D eigenvalue weighted by Gasteiger charge is 2.12. The molecule has 1 fully saturated rings. The summed E-state index contributed by atoms with van der Waals surface area (Å²) in [4.78, 5) is 4.35. The van der Waals surface area contributed by atoms with E-state index in [0.717, 1.165) is 12.3 Å². The highest BCUT2D eigenvalue weighted by molar-refractivity contribution is 5.03. The maximum atomic E-state index is 4.35. The van der Waals surface area contributed by atoms with Crippen LogP contribution in [-0.2, 0) is 6.42 Å². The largest absolute Gasteiger partial charge is 0.317 e. The number of hydrogen-bond acceptors (Lipinski definition) is 2. The van der Waals surface area contributed by atoms with Crippen molar-refractivity contribution in [3.8, 4) is 0 Å². The molecule has 1 aromatic heterocycles. The number of piperidine rings is 1. The highest BCUT2D eigenvalue weighted by Crippen LogP contribution is 2.17. The number of aryl methyl sites for hydroxylation is 1. The number of nitrogens with zero attached hydrogens (tertiary/aromatic N) is 1. The topological polar surface area (TPSA) is 24.9 Å². The Balaban J connectivity index is 1.76. The predicted molar refractivity (Wildman–Crippen MR) is 58.2 cm³/mol. The van der Waals surface area contributed by atoms with E-state index in [-0.39, 0.29) is 0 Å². The molecule has 0 radical (unpaired) electrons. The second-order valence-electron chi connectivity index (χ2n) is 4.05. The minimum Gasteiger partial charge on any atom is -0.317 e. The number of aromatic nitrogens is 1. The van der Waals surface area contributed by atoms with Crippen LogP contribution in [0.5, 0.6) is 0 Å². The first-order chi connectivity index (χ1) is 6.95. The minimum atomic E-state index is 0.915. The zero-order valence-electron chi connectivity index (χ0n) is 8.58. The molecule has 0 spiro atoms. The summed E-state index contributed by atoms with van der Waals surface area (Å²) in [5.74, 6) is 0.915. The Morgan fingerprint density at radius 1 is 1.29 bits per heavy atom. The zero-order chi connectivity index (χ0) is 9.64. The maximum Gasteiger partial charge on any atom is 0.0403 e. The maximum absolute atomic E-state index is 4.35. The normalized spacial score (nSPS) is 18.3. The van der Waals surface area contributed by atoms with E-state index >= 15 is 0 Å². The molecule has 0 aromatic carbocycles. The quantitative estimate of drug-likeness (QED) is 0.788. The van der Waals surface area contributed by atoms with Crippen molar-refractivity contribution >= 4 is 0 Å². The summed E-state index contributed by atoms with van der Waals surface area (Å²) in [6.45, 7) is 2.40. The molecule has 1 aliphatic heterocycles. The van der Waals surface area contributed by atoms with Crippen LogP contribution in [0.15, 0.2) is 24.4 Å². The second kappa shape index (κ2) is 5.11. The second-order valence-corrected chi connectivity index (χ2v) is 4.05. The average Bonchev–Trinajstić information content (AvgIpc) is 2.29. The Morgan fingerprint density at radius 3 is 2.86 bits per heavy atom. The van der Waals surface area contributed by atoms with Gasteiger partial charge in [-0.1, -0.05) is 6.07 Å². The van der Waals surface area contributed by atoms with Crippen molar-refractivity contribution in [2.45, 2.75) is 25.7 Å². The molecule has 1 N–H and O–H groups in total. The molecular formula is C12H18N2. The Bertz CT molecular complexity index is 252. The van der Waals surface area contributed by atoms with E-state index in [4.69, 9.17) is 0 Å². The van der Waals surface area contributed by atoms with E-state index in [2.05, 4.69) is 22.4 Å². The van der Waals surface area contributed by atoms with Gasteiger partial charge >= 0.3 is 0 Å². The Kier molecular flexibility index (Phi) is 3.52. The SMILES string of the molecule is c1ccc(CCC2CCNCC2)nc1. The molecule has 0 aliphatic carbocycles. The van der Waals surface area contributed by atoms with Crippen molar-refractivity contribution in [1.82, 2.24) is 10.3 Å². The van der Waals surface area contributed by atoms with Crippen molar-refractivity contribution in [3.05, 3.63) is 30.1 Å². The van der Waals surface area contributed by atoms with Crippen LogP contribution >= 0.6 is 0 Å². The van der Waals surface area contributed by atoms with Gasteiger partial charge in [0.25, 0.3) is 0 Å². The number of nitrogens with one attached hydrogen (secondary N) is 1. The Morgan fingerprint density at radius 2 is 2.14 bits per heavy atom. The lowest BCUT2D eigenvalue weighted by molar-refractivity contribution is 0.353. The van der Waals surface area contributed by atoms with E-state index in [1.54, 1.807) is 0 Å². The molecule has 2 heterocycles. The molecule has 2 rings (SSSR count). The van der Waals surface area contributed by atoms with Crippen LogP contribution in [0.25, 0.3) is 0 Å². The van der Waals surface area contributed by atoms with E-state index in [1.807, 2.05) is 12.3 Å². The fraction of sp³-hybridized carbons (Fsp3) is 0.583. The van der Waals surface area contributed by atoms with Gasteiger partial charge in [0, 0.05) is 11.9 Å². The Labute approximate surface area is 85.7 Å². The predicted octanol–water partition coefficient (Wildman–Crippen LogP) is 2.01. The van der Waals surface area contributed by atoms with Crippen LogP contribution in [0.3, 0.4) is 0 Å². The first kappa shape index (κ1) is 9.66. The lowest BCUT2D eigenvalue weighted by atomic mass is 9.92. The highest BCUT2D eigenvalue weighted by atomic mass is 14.9. The van der Waals surface area contributed by atoms with Gasteiger partial charge in [0.15, 0.2) is 0 Å². The lowest BCUT2D eigenvalue weighted by Gasteiger charge is -2.22. The van der Waals surface area contributed by atoms with Crippen LogP contribution in [0.4, 0.5) is 0 Å². The van der Waals surface area contributed by atoms with Crippen molar-refractivity contribution in [1.29, 1.82) is 0 Å². The van der Waals surface area contributed by atoms with Crippen LogP contribution in [-0.4, -0.2) is 18.1 Å². The summed E-state index contributed by atoms with van der Waals surface area (Å²) in [5.41, 5.74) is 1.24. The third kappa shape index (κ3) is 2.81. The summed E-state index contributed by atoms with van der Waals surface area (Å²) in [5, 5.41) is 3.40. The first-order valence-corrected chi connectivity index (χ1v) is 5.56. The monoisotopic (exact) mass is 190 g/mol. The standard InChI is InChI=1S/C12H18N2/c1-2-8-14-12(3-1)5-4-11-6-9-13-10-7-11/h1-3,8,11,13H,4-7,9-10H2. The van der Waals surface area contributed by atoms with Crippen LogP contribution in [0.1, 0.15) is 25.0 Å². The molecule has 1 aliphatic rings. The molecule has 1 saturated heterocycles. The van der Waals surface area contributed by atoms with Gasteiger partial charge in [0.1, 0.15) is 0 Å². The van der Waals surface area contributed by atoms with Gasteiger partial charge in [-0.25, -0.2) is 0 Å². The van der Waals surface area contributed by atoms with Gasteiger partial charge in [0.05, 0.1) is 0 Å². The van der Waals surface area contributed by atoms with E-state index in [9.17, 15) is 0 Å². The fourth-order valence-corrected chi connectivity index (χ4v) is 2.07. The van der Waals surface area contributed by atoms with Crippen molar-refractivity contribution < 1.29 is 0 Å². The van der Waals surface area contributed by atoms with Gasteiger partial charge < -0.3 is 5.32 Å². The van der Waals surface area contributed by atoms with Gasteiger partial charge in [-0.3, -0.25) is 4.98 Å². The van der Waals surface area contributed by atoms with E-state index in [1.165, 1.54) is 38.0 Å². The lowest BCUT2D eigenvalue weighted by Crippen LogP contribution is -2.27. The molecule has 2 heteroatoms.